The highest BCUT2D eigenvalue weighted by atomic mass is 16.2. The molecule has 2 rings (SSSR count). The number of carbonyl (C=O) groups is 1. The van der Waals surface area contributed by atoms with Gasteiger partial charge in [-0.05, 0) is 37.7 Å². The zero-order valence-electron chi connectivity index (χ0n) is 15.6. The minimum absolute atomic E-state index is 0.117. The summed E-state index contributed by atoms with van der Waals surface area (Å²) < 4.78 is 0. The van der Waals surface area contributed by atoms with Gasteiger partial charge in [0.2, 0.25) is 5.91 Å². The molecular weight excluding hydrogens is 298 g/mol. The Labute approximate surface area is 147 Å². The molecule has 1 heterocycles. The molecule has 4 nitrogen and oxygen atoms in total. The van der Waals surface area contributed by atoms with Crippen molar-refractivity contribution in [3.63, 3.8) is 0 Å². The van der Waals surface area contributed by atoms with E-state index in [1.807, 2.05) is 18.7 Å². The predicted octanol–water partition coefficient (Wildman–Crippen LogP) is 2.73. The van der Waals surface area contributed by atoms with Crippen molar-refractivity contribution in [1.82, 2.24) is 9.80 Å². The average Bonchev–Trinajstić information content (AvgIpc) is 3.02. The molecule has 1 aliphatic heterocycles. The number of hydrogen-bond acceptors (Lipinski definition) is 3. The molecule has 0 unspecified atom stereocenters. The second-order valence-electron chi connectivity index (χ2n) is 7.72. The molecule has 0 bridgehead atoms. The molecule has 1 saturated heterocycles. The minimum Gasteiger partial charge on any atom is -0.341 e. The number of carbonyl (C=O) groups excluding carboxylic acids is 1. The van der Waals surface area contributed by atoms with Crippen molar-refractivity contribution >= 4 is 5.91 Å². The van der Waals surface area contributed by atoms with E-state index in [0.29, 0.717) is 12.0 Å². The molecular formula is C20H33N3O. The van der Waals surface area contributed by atoms with Crippen molar-refractivity contribution in [2.75, 3.05) is 19.6 Å². The molecule has 1 fully saturated rings. The molecule has 1 aliphatic rings. The van der Waals surface area contributed by atoms with Crippen LogP contribution < -0.4 is 5.73 Å². The zero-order valence-corrected chi connectivity index (χ0v) is 15.6. The second-order valence-corrected chi connectivity index (χ2v) is 7.72. The van der Waals surface area contributed by atoms with Gasteiger partial charge in [-0.1, -0.05) is 44.2 Å². The number of amides is 1. The van der Waals surface area contributed by atoms with Gasteiger partial charge in [-0.15, -0.1) is 0 Å². The standard InChI is InChI=1S/C20H33N3O/c1-15(2)19(21)20(24)22-11-10-18(13-22)14-23(16(3)4)12-17-8-6-5-7-9-17/h5-9,15-16,18-19H,10-14,21H2,1-4H3/t18-,19-/m0/s1. The zero-order chi connectivity index (χ0) is 17.7. The van der Waals surface area contributed by atoms with E-state index in [1.54, 1.807) is 0 Å². The Bertz CT molecular complexity index is 515. The summed E-state index contributed by atoms with van der Waals surface area (Å²) in [7, 11) is 0. The molecule has 134 valence electrons. The SMILES string of the molecule is CC(C)[C@H](N)C(=O)N1CC[C@H](CN(Cc2ccccc2)C(C)C)C1. The van der Waals surface area contributed by atoms with Crippen LogP contribution >= 0.6 is 0 Å². The van der Waals surface area contributed by atoms with Gasteiger partial charge in [0.1, 0.15) is 0 Å². The molecule has 24 heavy (non-hydrogen) atoms. The second kappa shape index (κ2) is 8.63. The molecule has 1 amide bonds. The Morgan fingerprint density at radius 1 is 1.25 bits per heavy atom. The smallest absolute Gasteiger partial charge is 0.239 e. The number of hydrogen-bond donors (Lipinski definition) is 1. The van der Waals surface area contributed by atoms with Gasteiger partial charge < -0.3 is 10.6 Å². The summed E-state index contributed by atoms with van der Waals surface area (Å²) >= 11 is 0. The van der Waals surface area contributed by atoms with Crippen molar-refractivity contribution in [3.8, 4) is 0 Å². The van der Waals surface area contributed by atoms with E-state index in [9.17, 15) is 4.79 Å². The summed E-state index contributed by atoms with van der Waals surface area (Å²) in [6, 6.07) is 10.7. The largest absolute Gasteiger partial charge is 0.341 e. The van der Waals surface area contributed by atoms with Gasteiger partial charge in [-0.3, -0.25) is 9.69 Å². The summed E-state index contributed by atoms with van der Waals surface area (Å²) in [5.41, 5.74) is 7.38. The Morgan fingerprint density at radius 2 is 1.92 bits per heavy atom. The van der Waals surface area contributed by atoms with Gasteiger partial charge >= 0.3 is 0 Å². The van der Waals surface area contributed by atoms with Gasteiger partial charge in [0.05, 0.1) is 6.04 Å². The van der Waals surface area contributed by atoms with Crippen LogP contribution in [0.2, 0.25) is 0 Å². The fraction of sp³-hybridized carbons (Fsp3) is 0.650. The van der Waals surface area contributed by atoms with Crippen LogP contribution in [-0.4, -0.2) is 47.4 Å². The van der Waals surface area contributed by atoms with Crippen molar-refractivity contribution in [3.05, 3.63) is 35.9 Å². The average molecular weight is 332 g/mol. The van der Waals surface area contributed by atoms with Crippen LogP contribution in [0.3, 0.4) is 0 Å². The Kier molecular flexibility index (Phi) is 6.81. The quantitative estimate of drug-likeness (QED) is 0.836. The van der Waals surface area contributed by atoms with E-state index in [2.05, 4.69) is 49.1 Å². The van der Waals surface area contributed by atoms with E-state index in [-0.39, 0.29) is 17.9 Å². The third kappa shape index (κ3) is 5.05. The first-order chi connectivity index (χ1) is 11.4. The molecule has 2 N–H and O–H groups in total. The predicted molar refractivity (Wildman–Crippen MR) is 99.5 cm³/mol. The van der Waals surface area contributed by atoms with Crippen molar-refractivity contribution < 1.29 is 4.79 Å². The maximum Gasteiger partial charge on any atom is 0.239 e. The topological polar surface area (TPSA) is 49.6 Å². The fourth-order valence-corrected chi connectivity index (χ4v) is 3.29. The Hall–Kier alpha value is -1.39. The van der Waals surface area contributed by atoms with Crippen LogP contribution in [0.1, 0.15) is 39.7 Å². The highest BCUT2D eigenvalue weighted by Crippen LogP contribution is 2.21. The number of rotatable bonds is 7. The number of nitrogens with two attached hydrogens (primary N) is 1. The lowest BCUT2D eigenvalue weighted by atomic mass is 10.0. The van der Waals surface area contributed by atoms with E-state index in [0.717, 1.165) is 32.6 Å². The third-order valence-corrected chi connectivity index (χ3v) is 5.05. The van der Waals surface area contributed by atoms with Crippen LogP contribution in [0, 0.1) is 11.8 Å². The first kappa shape index (κ1) is 18.9. The highest BCUT2D eigenvalue weighted by Gasteiger charge is 2.31. The fourth-order valence-electron chi connectivity index (χ4n) is 3.29. The Morgan fingerprint density at radius 3 is 2.50 bits per heavy atom. The first-order valence-corrected chi connectivity index (χ1v) is 9.20. The van der Waals surface area contributed by atoms with E-state index in [1.165, 1.54) is 5.56 Å². The monoisotopic (exact) mass is 331 g/mol. The lowest BCUT2D eigenvalue weighted by Gasteiger charge is -2.29. The molecule has 2 atom stereocenters. The van der Waals surface area contributed by atoms with Crippen molar-refractivity contribution in [2.24, 2.45) is 17.6 Å². The van der Waals surface area contributed by atoms with Gasteiger partial charge in [-0.25, -0.2) is 0 Å². The van der Waals surface area contributed by atoms with Crippen LogP contribution in [0.5, 0.6) is 0 Å². The molecule has 1 aromatic carbocycles. The molecule has 0 aromatic heterocycles. The number of likely N-dealkylation sites (tertiary alicyclic amines) is 1. The number of benzene rings is 1. The van der Waals surface area contributed by atoms with E-state index in [4.69, 9.17) is 5.73 Å². The lowest BCUT2D eigenvalue weighted by molar-refractivity contribution is -0.132. The molecule has 0 spiro atoms. The summed E-state index contributed by atoms with van der Waals surface area (Å²) in [5.74, 6) is 0.855. The Balaban J connectivity index is 1.91. The van der Waals surface area contributed by atoms with Gasteiger partial charge in [0.25, 0.3) is 0 Å². The lowest BCUT2D eigenvalue weighted by Crippen LogP contribution is -2.46. The first-order valence-electron chi connectivity index (χ1n) is 9.20. The number of nitrogens with zero attached hydrogens (tertiary/aromatic N) is 2. The van der Waals surface area contributed by atoms with E-state index < -0.39 is 0 Å². The van der Waals surface area contributed by atoms with Crippen LogP contribution in [0.25, 0.3) is 0 Å². The van der Waals surface area contributed by atoms with Gasteiger partial charge in [0.15, 0.2) is 0 Å². The maximum atomic E-state index is 12.4. The van der Waals surface area contributed by atoms with Crippen LogP contribution in [0.15, 0.2) is 30.3 Å². The summed E-state index contributed by atoms with van der Waals surface area (Å²) in [4.78, 5) is 16.9. The third-order valence-electron chi connectivity index (χ3n) is 5.05. The summed E-state index contributed by atoms with van der Waals surface area (Å²) in [6.45, 7) is 12.2. The maximum absolute atomic E-state index is 12.4. The molecule has 0 saturated carbocycles. The van der Waals surface area contributed by atoms with Crippen LogP contribution in [-0.2, 0) is 11.3 Å². The summed E-state index contributed by atoms with van der Waals surface area (Å²) in [5, 5.41) is 0. The summed E-state index contributed by atoms with van der Waals surface area (Å²) in [6.07, 6.45) is 1.08. The van der Waals surface area contributed by atoms with Gasteiger partial charge in [0, 0.05) is 32.2 Å². The van der Waals surface area contributed by atoms with E-state index >= 15 is 0 Å². The van der Waals surface area contributed by atoms with Crippen molar-refractivity contribution in [2.45, 2.75) is 52.7 Å². The molecule has 0 radical (unpaired) electrons. The minimum atomic E-state index is -0.366. The van der Waals surface area contributed by atoms with Gasteiger partial charge in [-0.2, -0.15) is 0 Å². The molecule has 1 aromatic rings. The normalized spacial score (nSPS) is 19.5. The van der Waals surface area contributed by atoms with Crippen LogP contribution in [0.4, 0.5) is 0 Å². The van der Waals surface area contributed by atoms with Crippen molar-refractivity contribution in [1.29, 1.82) is 0 Å². The molecule has 0 aliphatic carbocycles. The highest BCUT2D eigenvalue weighted by molar-refractivity contribution is 5.82. The molecule has 4 heteroatoms.